The molecule has 1 atom stereocenters. The highest BCUT2D eigenvalue weighted by molar-refractivity contribution is 9.10. The molecule has 0 saturated heterocycles. The largest absolute Gasteiger partial charge is 0.310 e. The molecule has 0 amide bonds. The van der Waals surface area contributed by atoms with Gasteiger partial charge in [-0.2, -0.15) is 0 Å². The van der Waals surface area contributed by atoms with Crippen LogP contribution in [0.4, 0.5) is 4.39 Å². The first-order chi connectivity index (χ1) is 9.54. The van der Waals surface area contributed by atoms with E-state index in [2.05, 4.69) is 34.2 Å². The average molecular weight is 357 g/mol. The van der Waals surface area contributed by atoms with E-state index in [0.717, 1.165) is 21.5 Å². The second kappa shape index (κ2) is 7.21. The van der Waals surface area contributed by atoms with Crippen LogP contribution in [0, 0.1) is 5.82 Å². The molecule has 0 fully saturated rings. The van der Waals surface area contributed by atoms with Gasteiger partial charge in [-0.05, 0) is 54.8 Å². The van der Waals surface area contributed by atoms with E-state index >= 15 is 0 Å². The summed E-state index contributed by atoms with van der Waals surface area (Å²) in [7, 11) is 0. The molecule has 0 aromatic heterocycles. The molecule has 106 valence electrons. The third-order valence-corrected chi connectivity index (χ3v) is 4.09. The van der Waals surface area contributed by atoms with Crippen LogP contribution in [0.25, 0.3) is 0 Å². The van der Waals surface area contributed by atoms with Crippen LogP contribution in [-0.4, -0.2) is 6.04 Å². The van der Waals surface area contributed by atoms with Gasteiger partial charge in [0.1, 0.15) is 5.82 Å². The van der Waals surface area contributed by atoms with Crippen LogP contribution in [0.1, 0.15) is 18.1 Å². The van der Waals surface area contributed by atoms with Gasteiger partial charge in [0.15, 0.2) is 0 Å². The number of benzene rings is 2. The number of rotatable bonds is 5. The number of hydrogen-bond acceptors (Lipinski definition) is 1. The zero-order chi connectivity index (χ0) is 14.5. The Morgan fingerprint density at radius 3 is 2.80 bits per heavy atom. The minimum atomic E-state index is -0.215. The second-order valence-electron chi connectivity index (χ2n) is 4.85. The summed E-state index contributed by atoms with van der Waals surface area (Å²) in [6.07, 6.45) is 0.882. The Balaban J connectivity index is 1.92. The van der Waals surface area contributed by atoms with Gasteiger partial charge in [0, 0.05) is 22.1 Å². The van der Waals surface area contributed by atoms with Gasteiger partial charge in [-0.3, -0.25) is 0 Å². The standard InChI is InChI=1S/C16H16BrClFN/c1-11(7-12-3-2-4-14(18)8-12)20-10-13-9-15(19)5-6-16(13)17/h2-6,8-9,11,20H,7,10H2,1H3. The maximum absolute atomic E-state index is 13.2. The smallest absolute Gasteiger partial charge is 0.123 e. The fourth-order valence-electron chi connectivity index (χ4n) is 2.05. The van der Waals surface area contributed by atoms with Crippen molar-refractivity contribution >= 4 is 27.5 Å². The van der Waals surface area contributed by atoms with Gasteiger partial charge >= 0.3 is 0 Å². The van der Waals surface area contributed by atoms with E-state index in [1.807, 2.05) is 18.2 Å². The number of halogens is 3. The summed E-state index contributed by atoms with van der Waals surface area (Å²) >= 11 is 9.40. The zero-order valence-electron chi connectivity index (χ0n) is 11.2. The van der Waals surface area contributed by atoms with E-state index < -0.39 is 0 Å². The molecule has 0 aliphatic heterocycles. The lowest BCUT2D eigenvalue weighted by Crippen LogP contribution is -2.27. The predicted octanol–water partition coefficient (Wildman–Crippen LogP) is 4.96. The lowest BCUT2D eigenvalue weighted by molar-refractivity contribution is 0.541. The summed E-state index contributed by atoms with van der Waals surface area (Å²) in [6.45, 7) is 2.73. The van der Waals surface area contributed by atoms with E-state index in [1.165, 1.54) is 11.6 Å². The Labute approximate surface area is 132 Å². The van der Waals surface area contributed by atoms with Gasteiger partial charge in [-0.15, -0.1) is 0 Å². The fourth-order valence-corrected chi connectivity index (χ4v) is 2.65. The first-order valence-electron chi connectivity index (χ1n) is 6.46. The van der Waals surface area contributed by atoms with Crippen LogP contribution in [0.3, 0.4) is 0 Å². The normalized spacial score (nSPS) is 12.4. The second-order valence-corrected chi connectivity index (χ2v) is 6.14. The molecular weight excluding hydrogens is 341 g/mol. The molecule has 1 nitrogen and oxygen atoms in total. The van der Waals surface area contributed by atoms with Gasteiger partial charge < -0.3 is 5.32 Å². The predicted molar refractivity (Wildman–Crippen MR) is 85.6 cm³/mol. The molecule has 0 radical (unpaired) electrons. The molecule has 0 spiro atoms. The molecular formula is C16H16BrClFN. The molecule has 4 heteroatoms. The van der Waals surface area contributed by atoms with Crippen molar-refractivity contribution in [3.05, 3.63) is 68.9 Å². The van der Waals surface area contributed by atoms with Crippen molar-refractivity contribution in [3.63, 3.8) is 0 Å². The Bertz CT molecular complexity index is 588. The lowest BCUT2D eigenvalue weighted by Gasteiger charge is -2.15. The SMILES string of the molecule is CC(Cc1cccc(Cl)c1)NCc1cc(F)ccc1Br. The van der Waals surface area contributed by atoms with Gasteiger partial charge in [-0.1, -0.05) is 39.7 Å². The highest BCUT2D eigenvalue weighted by Gasteiger charge is 2.06. The highest BCUT2D eigenvalue weighted by Crippen LogP contribution is 2.18. The van der Waals surface area contributed by atoms with Gasteiger partial charge in [0.2, 0.25) is 0 Å². The van der Waals surface area contributed by atoms with Crippen molar-refractivity contribution in [1.82, 2.24) is 5.32 Å². The quantitative estimate of drug-likeness (QED) is 0.798. The molecule has 2 aromatic rings. The van der Waals surface area contributed by atoms with E-state index in [9.17, 15) is 4.39 Å². The molecule has 0 bridgehead atoms. The molecule has 0 saturated carbocycles. The fraction of sp³-hybridized carbons (Fsp3) is 0.250. The van der Waals surface area contributed by atoms with Crippen molar-refractivity contribution in [3.8, 4) is 0 Å². The van der Waals surface area contributed by atoms with Crippen molar-refractivity contribution in [2.75, 3.05) is 0 Å². The Hall–Kier alpha value is -0.900. The Kier molecular flexibility index (Phi) is 5.58. The monoisotopic (exact) mass is 355 g/mol. The van der Waals surface area contributed by atoms with Crippen LogP contribution in [0.2, 0.25) is 5.02 Å². The lowest BCUT2D eigenvalue weighted by atomic mass is 10.1. The molecule has 0 aliphatic carbocycles. The first-order valence-corrected chi connectivity index (χ1v) is 7.63. The van der Waals surface area contributed by atoms with E-state index in [0.29, 0.717) is 6.54 Å². The van der Waals surface area contributed by atoms with Crippen LogP contribution in [0.5, 0.6) is 0 Å². The molecule has 2 aromatic carbocycles. The maximum atomic E-state index is 13.2. The van der Waals surface area contributed by atoms with Crippen molar-refractivity contribution in [1.29, 1.82) is 0 Å². The van der Waals surface area contributed by atoms with Gasteiger partial charge in [-0.25, -0.2) is 4.39 Å². The third kappa shape index (κ3) is 4.58. The van der Waals surface area contributed by atoms with Crippen LogP contribution < -0.4 is 5.32 Å². The van der Waals surface area contributed by atoms with E-state index in [4.69, 9.17) is 11.6 Å². The summed E-state index contributed by atoms with van der Waals surface area (Å²) in [5, 5.41) is 4.15. The Morgan fingerprint density at radius 1 is 1.25 bits per heavy atom. The average Bonchev–Trinajstić information content (AvgIpc) is 2.40. The zero-order valence-corrected chi connectivity index (χ0v) is 13.5. The number of nitrogens with one attached hydrogen (secondary N) is 1. The van der Waals surface area contributed by atoms with Crippen molar-refractivity contribution < 1.29 is 4.39 Å². The summed E-state index contributed by atoms with van der Waals surface area (Å²) in [5.41, 5.74) is 2.11. The molecule has 2 rings (SSSR count). The van der Waals surface area contributed by atoms with Crippen LogP contribution in [-0.2, 0) is 13.0 Å². The Morgan fingerprint density at radius 2 is 2.05 bits per heavy atom. The molecule has 1 N–H and O–H groups in total. The molecule has 0 aliphatic rings. The van der Waals surface area contributed by atoms with Gasteiger partial charge in [0.05, 0.1) is 0 Å². The van der Waals surface area contributed by atoms with E-state index in [1.54, 1.807) is 12.1 Å². The van der Waals surface area contributed by atoms with Crippen LogP contribution >= 0.6 is 27.5 Å². The van der Waals surface area contributed by atoms with Crippen molar-refractivity contribution in [2.24, 2.45) is 0 Å². The minimum absolute atomic E-state index is 0.215. The summed E-state index contributed by atoms with van der Waals surface area (Å²) < 4.78 is 14.1. The minimum Gasteiger partial charge on any atom is -0.310 e. The number of hydrogen-bond donors (Lipinski definition) is 1. The topological polar surface area (TPSA) is 12.0 Å². The van der Waals surface area contributed by atoms with E-state index in [-0.39, 0.29) is 11.9 Å². The first kappa shape index (κ1) is 15.5. The summed E-state index contributed by atoms with van der Waals surface area (Å²) in [5.74, 6) is -0.215. The summed E-state index contributed by atoms with van der Waals surface area (Å²) in [4.78, 5) is 0. The van der Waals surface area contributed by atoms with Gasteiger partial charge in [0.25, 0.3) is 0 Å². The van der Waals surface area contributed by atoms with Crippen molar-refractivity contribution in [2.45, 2.75) is 25.9 Å². The highest BCUT2D eigenvalue weighted by atomic mass is 79.9. The molecule has 0 heterocycles. The third-order valence-electron chi connectivity index (χ3n) is 3.08. The molecule has 1 unspecified atom stereocenters. The summed E-state index contributed by atoms with van der Waals surface area (Å²) in [6, 6.07) is 12.9. The van der Waals surface area contributed by atoms with Crippen LogP contribution in [0.15, 0.2) is 46.9 Å². The maximum Gasteiger partial charge on any atom is 0.123 e. The molecule has 20 heavy (non-hydrogen) atoms.